The van der Waals surface area contributed by atoms with E-state index in [2.05, 4.69) is 5.32 Å². The highest BCUT2D eigenvalue weighted by atomic mass is 35.5. The first-order valence-electron chi connectivity index (χ1n) is 7.61. The molecule has 4 nitrogen and oxygen atoms in total. The van der Waals surface area contributed by atoms with Gasteiger partial charge in [-0.05, 0) is 24.1 Å². The van der Waals surface area contributed by atoms with Gasteiger partial charge >= 0.3 is 0 Å². The molecule has 0 saturated heterocycles. The van der Waals surface area contributed by atoms with Gasteiger partial charge < -0.3 is 15.8 Å². The zero-order valence-electron chi connectivity index (χ0n) is 13.4. The lowest BCUT2D eigenvalue weighted by Crippen LogP contribution is -2.40. The topological polar surface area (TPSA) is 64.4 Å². The predicted molar refractivity (Wildman–Crippen MR) is 99.8 cm³/mol. The van der Waals surface area contributed by atoms with Crippen LogP contribution in [0.2, 0.25) is 5.02 Å². The molecule has 0 aliphatic carbocycles. The van der Waals surface area contributed by atoms with Gasteiger partial charge in [0, 0.05) is 0 Å². The minimum Gasteiger partial charge on any atom is -0.487 e. The number of ether oxygens (including phenoxy) is 1. The highest BCUT2D eigenvalue weighted by molar-refractivity contribution is 6.32. The van der Waals surface area contributed by atoms with Crippen molar-refractivity contribution >= 4 is 29.9 Å². The Kier molecular flexibility index (Phi) is 8.61. The van der Waals surface area contributed by atoms with Gasteiger partial charge in [0.2, 0.25) is 5.91 Å². The summed E-state index contributed by atoms with van der Waals surface area (Å²) in [7, 11) is 0. The third-order valence-corrected chi connectivity index (χ3v) is 3.84. The van der Waals surface area contributed by atoms with E-state index in [1.54, 1.807) is 6.07 Å². The molecule has 0 aliphatic rings. The van der Waals surface area contributed by atoms with Crippen LogP contribution in [0.25, 0.3) is 0 Å². The van der Waals surface area contributed by atoms with E-state index in [1.807, 2.05) is 55.5 Å². The van der Waals surface area contributed by atoms with Crippen molar-refractivity contribution in [2.45, 2.75) is 25.5 Å². The fourth-order valence-corrected chi connectivity index (χ4v) is 2.31. The van der Waals surface area contributed by atoms with Crippen molar-refractivity contribution in [1.29, 1.82) is 0 Å². The number of benzene rings is 2. The Morgan fingerprint density at radius 1 is 1.17 bits per heavy atom. The molecule has 2 rings (SSSR count). The van der Waals surface area contributed by atoms with Crippen LogP contribution < -0.4 is 15.8 Å². The summed E-state index contributed by atoms with van der Waals surface area (Å²) in [5, 5.41) is 3.39. The SMILES string of the molecule is CCC(CNC(=O)C(N)c1ccccc1)Oc1ccccc1Cl.Cl. The number of para-hydroxylation sites is 1. The van der Waals surface area contributed by atoms with E-state index in [9.17, 15) is 4.79 Å². The quantitative estimate of drug-likeness (QED) is 0.782. The molecule has 0 bridgehead atoms. The molecule has 2 aromatic carbocycles. The van der Waals surface area contributed by atoms with E-state index in [1.165, 1.54) is 0 Å². The monoisotopic (exact) mass is 368 g/mol. The number of carbonyl (C=O) groups is 1. The van der Waals surface area contributed by atoms with Crippen LogP contribution in [0.15, 0.2) is 54.6 Å². The van der Waals surface area contributed by atoms with Gasteiger partial charge in [0.05, 0.1) is 11.6 Å². The first kappa shape index (κ1) is 20.3. The molecule has 0 saturated carbocycles. The normalized spacial score (nSPS) is 12.6. The van der Waals surface area contributed by atoms with Gasteiger partial charge in [-0.2, -0.15) is 0 Å². The molecule has 0 aromatic heterocycles. The molecule has 3 N–H and O–H groups in total. The van der Waals surface area contributed by atoms with E-state index >= 15 is 0 Å². The highest BCUT2D eigenvalue weighted by Crippen LogP contribution is 2.24. The van der Waals surface area contributed by atoms with Crippen molar-refractivity contribution in [1.82, 2.24) is 5.32 Å². The van der Waals surface area contributed by atoms with Crippen LogP contribution in [-0.2, 0) is 4.79 Å². The van der Waals surface area contributed by atoms with Crippen molar-refractivity contribution in [3.05, 3.63) is 65.2 Å². The van der Waals surface area contributed by atoms with Crippen LogP contribution in [0.5, 0.6) is 5.75 Å². The Morgan fingerprint density at radius 2 is 1.79 bits per heavy atom. The molecule has 0 aliphatic heterocycles. The molecule has 0 radical (unpaired) electrons. The molecule has 2 aromatic rings. The fourth-order valence-electron chi connectivity index (χ4n) is 2.13. The second kappa shape index (κ2) is 10.2. The van der Waals surface area contributed by atoms with E-state index in [0.717, 1.165) is 12.0 Å². The summed E-state index contributed by atoms with van der Waals surface area (Å²) in [5.74, 6) is 0.389. The first-order chi connectivity index (χ1) is 11.1. The molecular formula is C18H22Cl2N2O2. The molecular weight excluding hydrogens is 347 g/mol. The summed E-state index contributed by atoms with van der Waals surface area (Å²) in [6, 6.07) is 15.9. The molecule has 2 unspecified atom stereocenters. The van der Waals surface area contributed by atoms with Crippen LogP contribution in [-0.4, -0.2) is 18.6 Å². The molecule has 0 heterocycles. The molecule has 2 atom stereocenters. The molecule has 1 amide bonds. The molecule has 0 spiro atoms. The van der Waals surface area contributed by atoms with Crippen molar-refractivity contribution in [3.63, 3.8) is 0 Å². The minimum absolute atomic E-state index is 0. The maximum Gasteiger partial charge on any atom is 0.241 e. The number of amides is 1. The van der Waals surface area contributed by atoms with E-state index < -0.39 is 6.04 Å². The first-order valence-corrected chi connectivity index (χ1v) is 7.99. The van der Waals surface area contributed by atoms with Gasteiger partial charge in [-0.25, -0.2) is 0 Å². The summed E-state index contributed by atoms with van der Waals surface area (Å²) in [5.41, 5.74) is 6.75. The van der Waals surface area contributed by atoms with Crippen molar-refractivity contribution < 1.29 is 9.53 Å². The highest BCUT2D eigenvalue weighted by Gasteiger charge is 2.17. The number of nitrogens with one attached hydrogen (secondary N) is 1. The maximum atomic E-state index is 12.2. The van der Waals surface area contributed by atoms with Crippen LogP contribution in [0, 0.1) is 0 Å². The van der Waals surface area contributed by atoms with Crippen LogP contribution in [0.1, 0.15) is 24.9 Å². The van der Waals surface area contributed by atoms with Gasteiger partial charge in [0.15, 0.2) is 0 Å². The Bertz CT molecular complexity index is 638. The summed E-state index contributed by atoms with van der Waals surface area (Å²) in [6.07, 6.45) is 0.577. The maximum absolute atomic E-state index is 12.2. The van der Waals surface area contributed by atoms with E-state index in [4.69, 9.17) is 22.1 Å². The minimum atomic E-state index is -0.686. The fraction of sp³-hybridized carbons (Fsp3) is 0.278. The Hall–Kier alpha value is -1.75. The summed E-state index contributed by atoms with van der Waals surface area (Å²) < 4.78 is 5.84. The average molecular weight is 369 g/mol. The summed E-state index contributed by atoms with van der Waals surface area (Å²) in [6.45, 7) is 2.37. The number of hydrogen-bond donors (Lipinski definition) is 2. The van der Waals surface area contributed by atoms with E-state index in [0.29, 0.717) is 17.3 Å². The van der Waals surface area contributed by atoms with Crippen LogP contribution in [0.4, 0.5) is 0 Å². The smallest absolute Gasteiger partial charge is 0.241 e. The Labute approximate surface area is 153 Å². The number of hydrogen-bond acceptors (Lipinski definition) is 3. The number of halogens is 2. The molecule has 6 heteroatoms. The Morgan fingerprint density at radius 3 is 2.42 bits per heavy atom. The second-order valence-electron chi connectivity index (χ2n) is 5.21. The number of rotatable bonds is 7. The van der Waals surface area contributed by atoms with Crippen molar-refractivity contribution in [3.8, 4) is 5.75 Å². The van der Waals surface area contributed by atoms with Gasteiger partial charge in [0.1, 0.15) is 17.9 Å². The lowest BCUT2D eigenvalue weighted by atomic mass is 10.1. The molecule has 24 heavy (non-hydrogen) atoms. The predicted octanol–water partition coefficient (Wildman–Crippen LogP) is 3.74. The lowest BCUT2D eigenvalue weighted by molar-refractivity contribution is -0.122. The standard InChI is InChI=1S/C18H21ClN2O2.ClH/c1-2-14(23-16-11-7-6-10-15(16)19)12-21-18(22)17(20)13-8-4-3-5-9-13;/h3-11,14,17H,2,12,20H2,1H3,(H,21,22);1H. The average Bonchev–Trinajstić information content (AvgIpc) is 2.60. The molecule has 130 valence electrons. The summed E-state index contributed by atoms with van der Waals surface area (Å²) >= 11 is 6.09. The van der Waals surface area contributed by atoms with Gasteiger partial charge in [-0.1, -0.05) is 61.0 Å². The van der Waals surface area contributed by atoms with Gasteiger partial charge in [0.25, 0.3) is 0 Å². The zero-order valence-corrected chi connectivity index (χ0v) is 15.0. The van der Waals surface area contributed by atoms with Gasteiger partial charge in [-0.3, -0.25) is 4.79 Å². The van der Waals surface area contributed by atoms with E-state index in [-0.39, 0.29) is 24.4 Å². The van der Waals surface area contributed by atoms with Gasteiger partial charge in [-0.15, -0.1) is 12.4 Å². The number of carbonyl (C=O) groups excluding carboxylic acids is 1. The third-order valence-electron chi connectivity index (χ3n) is 3.53. The van der Waals surface area contributed by atoms with Crippen LogP contribution in [0.3, 0.4) is 0 Å². The largest absolute Gasteiger partial charge is 0.487 e. The van der Waals surface area contributed by atoms with Crippen LogP contribution >= 0.6 is 24.0 Å². The molecule has 0 fully saturated rings. The lowest BCUT2D eigenvalue weighted by Gasteiger charge is -2.20. The van der Waals surface area contributed by atoms with Crippen molar-refractivity contribution in [2.75, 3.05) is 6.54 Å². The second-order valence-corrected chi connectivity index (χ2v) is 5.62. The third kappa shape index (κ3) is 5.71. The number of nitrogens with two attached hydrogens (primary N) is 1. The Balaban J connectivity index is 0.00000288. The zero-order chi connectivity index (χ0) is 16.7. The van der Waals surface area contributed by atoms with Crippen molar-refractivity contribution in [2.24, 2.45) is 5.73 Å². The summed E-state index contributed by atoms with van der Waals surface area (Å²) in [4.78, 5) is 12.2.